The number of anilines is 1. The molecule has 2 aromatic rings. The van der Waals surface area contributed by atoms with Crippen LogP contribution in [-0.4, -0.2) is 51.9 Å². The smallest absolute Gasteiger partial charge is 0.222 e. The number of carbonyl (C=O) groups excluding carboxylic acids is 1. The molecule has 1 unspecified atom stereocenters. The number of nitriles is 1. The first kappa shape index (κ1) is 18.5. The normalized spacial score (nSPS) is 22.5. The summed E-state index contributed by atoms with van der Waals surface area (Å²) in [5, 5.41) is 9.50. The van der Waals surface area contributed by atoms with Crippen LogP contribution in [-0.2, 0) is 11.2 Å². The van der Waals surface area contributed by atoms with Crippen molar-refractivity contribution < 1.29 is 4.79 Å². The van der Waals surface area contributed by atoms with Crippen LogP contribution in [0.4, 0.5) is 5.82 Å². The fourth-order valence-corrected chi connectivity index (χ4v) is 4.58. The maximum Gasteiger partial charge on any atom is 0.222 e. The lowest BCUT2D eigenvalue weighted by Gasteiger charge is -2.48. The molecule has 0 aliphatic carbocycles. The van der Waals surface area contributed by atoms with Crippen LogP contribution in [0.5, 0.6) is 0 Å². The van der Waals surface area contributed by atoms with Crippen LogP contribution < -0.4 is 4.90 Å². The number of aromatic amines is 1. The molecule has 0 aromatic carbocycles. The molecular formula is C21H26N6O. The average Bonchev–Trinajstić information content (AvgIpc) is 3.23. The van der Waals surface area contributed by atoms with Gasteiger partial charge in [-0.2, -0.15) is 5.26 Å². The third-order valence-corrected chi connectivity index (χ3v) is 6.05. The van der Waals surface area contributed by atoms with Crippen molar-refractivity contribution in [2.24, 2.45) is 5.41 Å². The van der Waals surface area contributed by atoms with Crippen LogP contribution >= 0.6 is 0 Å². The van der Waals surface area contributed by atoms with Crippen LogP contribution in [0.3, 0.4) is 0 Å². The summed E-state index contributed by atoms with van der Waals surface area (Å²) in [6.45, 7) is 5.22. The average molecular weight is 378 g/mol. The van der Waals surface area contributed by atoms with Gasteiger partial charge >= 0.3 is 0 Å². The van der Waals surface area contributed by atoms with Gasteiger partial charge in [-0.1, -0.05) is 0 Å². The van der Waals surface area contributed by atoms with Gasteiger partial charge in [-0.05, 0) is 38.3 Å². The van der Waals surface area contributed by atoms with Crippen LogP contribution in [0.15, 0.2) is 24.7 Å². The first-order chi connectivity index (χ1) is 13.6. The number of hydrogen-bond acceptors (Lipinski definition) is 5. The van der Waals surface area contributed by atoms with Crippen LogP contribution in [0.1, 0.15) is 42.6 Å². The molecule has 1 N–H and O–H groups in total. The van der Waals surface area contributed by atoms with Gasteiger partial charge in [-0.25, -0.2) is 9.97 Å². The number of amides is 1. The highest BCUT2D eigenvalue weighted by Gasteiger charge is 2.42. The molecule has 2 fully saturated rings. The molecular weight excluding hydrogens is 352 g/mol. The number of H-pyrrole nitrogens is 1. The van der Waals surface area contributed by atoms with Gasteiger partial charge in [0.25, 0.3) is 0 Å². The second-order valence-corrected chi connectivity index (χ2v) is 8.10. The third kappa shape index (κ3) is 3.72. The molecule has 2 aliphatic heterocycles. The highest BCUT2D eigenvalue weighted by atomic mass is 16.2. The molecule has 2 aromatic heterocycles. The van der Waals surface area contributed by atoms with Crippen molar-refractivity contribution in [3.05, 3.63) is 41.6 Å². The molecule has 7 nitrogen and oxygen atoms in total. The number of carbonyl (C=O) groups is 1. The molecule has 4 heterocycles. The quantitative estimate of drug-likeness (QED) is 0.883. The van der Waals surface area contributed by atoms with Gasteiger partial charge < -0.3 is 14.8 Å². The fourth-order valence-electron chi connectivity index (χ4n) is 4.58. The SMILES string of the molecule is Cc1ccc(C#N)c(N2CCCC3(CCC(=O)N(CCc4cnc[nH]4)C3)C2)n1. The summed E-state index contributed by atoms with van der Waals surface area (Å²) in [5.74, 6) is 1.04. The molecule has 1 atom stereocenters. The number of pyridine rings is 1. The van der Waals surface area contributed by atoms with E-state index in [4.69, 9.17) is 0 Å². The summed E-state index contributed by atoms with van der Waals surface area (Å²) in [4.78, 5) is 28.6. The zero-order valence-corrected chi connectivity index (χ0v) is 16.3. The molecule has 4 rings (SSSR count). The van der Waals surface area contributed by atoms with Gasteiger partial charge in [0.05, 0.1) is 11.9 Å². The Morgan fingerprint density at radius 3 is 3.00 bits per heavy atom. The number of nitrogens with one attached hydrogen (secondary N) is 1. The van der Waals surface area contributed by atoms with Gasteiger partial charge in [0.15, 0.2) is 0 Å². The Morgan fingerprint density at radius 1 is 1.32 bits per heavy atom. The van der Waals surface area contributed by atoms with Crippen LogP contribution in [0.25, 0.3) is 0 Å². The minimum Gasteiger partial charge on any atom is -0.355 e. The first-order valence-corrected chi connectivity index (χ1v) is 9.96. The van der Waals surface area contributed by atoms with E-state index in [2.05, 4.69) is 25.9 Å². The predicted octanol–water partition coefficient (Wildman–Crippen LogP) is 2.44. The zero-order valence-electron chi connectivity index (χ0n) is 16.3. The predicted molar refractivity (Wildman–Crippen MR) is 106 cm³/mol. The summed E-state index contributed by atoms with van der Waals surface area (Å²) < 4.78 is 0. The van der Waals surface area contributed by atoms with Gasteiger partial charge in [0.2, 0.25) is 5.91 Å². The number of rotatable bonds is 4. The van der Waals surface area contributed by atoms with Crippen molar-refractivity contribution in [1.82, 2.24) is 19.9 Å². The van der Waals surface area contributed by atoms with E-state index in [1.807, 2.05) is 30.2 Å². The van der Waals surface area contributed by atoms with Crippen molar-refractivity contribution in [2.45, 2.75) is 39.0 Å². The zero-order chi connectivity index (χ0) is 19.6. The van der Waals surface area contributed by atoms with E-state index in [9.17, 15) is 10.1 Å². The highest BCUT2D eigenvalue weighted by molar-refractivity contribution is 5.77. The molecule has 0 radical (unpaired) electrons. The maximum absolute atomic E-state index is 12.5. The number of likely N-dealkylation sites (tertiary alicyclic amines) is 1. The van der Waals surface area contributed by atoms with E-state index < -0.39 is 0 Å². The molecule has 1 spiro atoms. The summed E-state index contributed by atoms with van der Waals surface area (Å²) in [5.41, 5.74) is 2.69. The third-order valence-electron chi connectivity index (χ3n) is 6.05. The van der Waals surface area contributed by atoms with Crippen molar-refractivity contribution in [2.75, 3.05) is 31.1 Å². The summed E-state index contributed by atoms with van der Waals surface area (Å²) >= 11 is 0. The molecule has 0 bridgehead atoms. The summed E-state index contributed by atoms with van der Waals surface area (Å²) in [6.07, 6.45) is 7.98. The number of hydrogen-bond donors (Lipinski definition) is 1. The molecule has 146 valence electrons. The number of imidazole rings is 1. The number of aromatic nitrogens is 3. The molecule has 2 saturated heterocycles. The van der Waals surface area contributed by atoms with Crippen molar-refractivity contribution in [3.63, 3.8) is 0 Å². The molecule has 28 heavy (non-hydrogen) atoms. The molecule has 2 aliphatic rings. The largest absolute Gasteiger partial charge is 0.355 e. The van der Waals surface area contributed by atoms with Crippen molar-refractivity contribution >= 4 is 11.7 Å². The van der Waals surface area contributed by atoms with Gasteiger partial charge in [0, 0.05) is 62.0 Å². The topological polar surface area (TPSA) is 88.9 Å². The molecule has 7 heteroatoms. The lowest BCUT2D eigenvalue weighted by molar-refractivity contribution is -0.137. The Balaban J connectivity index is 1.50. The highest BCUT2D eigenvalue weighted by Crippen LogP contribution is 2.40. The van der Waals surface area contributed by atoms with E-state index >= 15 is 0 Å². The van der Waals surface area contributed by atoms with Crippen molar-refractivity contribution in [1.29, 1.82) is 5.26 Å². The Hall–Kier alpha value is -2.88. The van der Waals surface area contributed by atoms with Gasteiger partial charge in [-0.15, -0.1) is 0 Å². The second kappa shape index (κ2) is 7.63. The molecule has 0 saturated carbocycles. The van der Waals surface area contributed by atoms with E-state index in [1.165, 1.54) is 0 Å². The Labute approximate surface area is 165 Å². The lowest BCUT2D eigenvalue weighted by Crippen LogP contribution is -2.54. The van der Waals surface area contributed by atoms with Crippen LogP contribution in [0, 0.1) is 23.7 Å². The Morgan fingerprint density at radius 2 is 2.21 bits per heavy atom. The fraction of sp³-hybridized carbons (Fsp3) is 0.524. The van der Waals surface area contributed by atoms with Gasteiger partial charge in [0.1, 0.15) is 11.9 Å². The van der Waals surface area contributed by atoms with Gasteiger partial charge in [-0.3, -0.25) is 4.79 Å². The number of nitrogens with zero attached hydrogens (tertiary/aromatic N) is 5. The van der Waals surface area contributed by atoms with E-state index in [0.29, 0.717) is 12.0 Å². The maximum atomic E-state index is 12.5. The lowest BCUT2D eigenvalue weighted by atomic mass is 9.73. The van der Waals surface area contributed by atoms with E-state index in [1.54, 1.807) is 6.33 Å². The van der Waals surface area contributed by atoms with E-state index in [-0.39, 0.29) is 11.3 Å². The van der Waals surface area contributed by atoms with Crippen LogP contribution in [0.2, 0.25) is 0 Å². The monoisotopic (exact) mass is 378 g/mol. The summed E-state index contributed by atoms with van der Waals surface area (Å²) in [6, 6.07) is 6.03. The number of piperidine rings is 2. The number of aryl methyl sites for hydroxylation is 1. The second-order valence-electron chi connectivity index (χ2n) is 8.10. The Kier molecular flexibility index (Phi) is 5.03. The Bertz CT molecular complexity index is 887. The first-order valence-electron chi connectivity index (χ1n) is 9.96. The molecule has 1 amide bonds. The minimum atomic E-state index is 0.0816. The van der Waals surface area contributed by atoms with Crippen molar-refractivity contribution in [3.8, 4) is 6.07 Å². The minimum absolute atomic E-state index is 0.0816. The standard InChI is InChI=1S/C21H26N6O/c1-16-3-4-17(11-22)20(25-16)27-9-2-7-21(14-27)8-5-19(28)26(13-21)10-6-18-12-23-15-24-18/h3-4,12,15H,2,5-10,13-14H2,1H3,(H,23,24). The summed E-state index contributed by atoms with van der Waals surface area (Å²) in [7, 11) is 0. The van der Waals surface area contributed by atoms with E-state index in [0.717, 1.165) is 69.1 Å².